The van der Waals surface area contributed by atoms with Crippen molar-refractivity contribution in [3.8, 4) is 0 Å². The molecule has 18 heavy (non-hydrogen) atoms. The predicted octanol–water partition coefficient (Wildman–Crippen LogP) is 3.95. The van der Waals surface area contributed by atoms with Crippen LogP contribution in [0, 0.1) is 3.70 Å². The topological polar surface area (TPSA) is 27.1 Å². The van der Waals surface area contributed by atoms with E-state index in [1.807, 2.05) is 16.8 Å². The van der Waals surface area contributed by atoms with Crippen LogP contribution in [0.1, 0.15) is 0 Å². The van der Waals surface area contributed by atoms with E-state index in [1.54, 1.807) is 0 Å². The smallest absolute Gasteiger partial charge is 0.140 e. The predicted molar refractivity (Wildman–Crippen MR) is 86.6 cm³/mol. The van der Waals surface area contributed by atoms with E-state index in [2.05, 4.69) is 59.5 Å². The molecular formula is C13H19IN2OSi. The number of hydrogen-bond acceptors (Lipinski definition) is 2. The number of rotatable bonds is 5. The molecule has 3 nitrogen and oxygen atoms in total. The SMILES string of the molecule is C[Si](C)(C)CCOCn1nc(I)c2ccccc21. The standard InChI is InChI=1S/C13H19IN2OSi/c1-18(2,3)9-8-17-10-16-12-7-5-4-6-11(12)13(14)15-16/h4-7H,8-10H2,1-3H3. The Balaban J connectivity index is 2.00. The second kappa shape index (κ2) is 5.71. The van der Waals surface area contributed by atoms with Crippen molar-refractivity contribution in [2.24, 2.45) is 0 Å². The van der Waals surface area contributed by atoms with Gasteiger partial charge in [-0.25, -0.2) is 4.68 Å². The number of benzene rings is 1. The highest BCUT2D eigenvalue weighted by Crippen LogP contribution is 2.19. The summed E-state index contributed by atoms with van der Waals surface area (Å²) in [5, 5.41) is 5.71. The summed E-state index contributed by atoms with van der Waals surface area (Å²) >= 11 is 2.27. The third kappa shape index (κ3) is 3.55. The van der Waals surface area contributed by atoms with Gasteiger partial charge in [-0.2, -0.15) is 5.10 Å². The Bertz CT molecular complexity index is 533. The Labute approximate surface area is 123 Å². The molecule has 0 saturated heterocycles. The molecular weight excluding hydrogens is 355 g/mol. The fraction of sp³-hybridized carbons (Fsp3) is 0.462. The van der Waals surface area contributed by atoms with E-state index in [0.29, 0.717) is 6.73 Å². The fourth-order valence-corrected chi connectivity index (χ4v) is 3.19. The molecule has 2 aromatic rings. The zero-order valence-corrected chi connectivity index (χ0v) is 14.3. The van der Waals surface area contributed by atoms with Gasteiger partial charge < -0.3 is 4.74 Å². The van der Waals surface area contributed by atoms with Gasteiger partial charge in [-0.15, -0.1) is 0 Å². The molecule has 98 valence electrons. The molecule has 1 heterocycles. The first kappa shape index (κ1) is 14.0. The van der Waals surface area contributed by atoms with Crippen LogP contribution in [-0.2, 0) is 11.5 Å². The van der Waals surface area contributed by atoms with Crippen LogP contribution in [0.5, 0.6) is 0 Å². The van der Waals surface area contributed by atoms with Gasteiger partial charge in [0.25, 0.3) is 0 Å². The summed E-state index contributed by atoms with van der Waals surface area (Å²) < 4.78 is 8.73. The molecule has 0 spiro atoms. The Morgan fingerprint density at radius 1 is 1.28 bits per heavy atom. The first-order valence-electron chi connectivity index (χ1n) is 6.16. The Morgan fingerprint density at radius 2 is 2.00 bits per heavy atom. The highest BCUT2D eigenvalue weighted by atomic mass is 127. The third-order valence-corrected chi connectivity index (χ3v) is 5.32. The molecule has 0 aliphatic carbocycles. The molecule has 0 unspecified atom stereocenters. The largest absolute Gasteiger partial charge is 0.360 e. The Kier molecular flexibility index (Phi) is 4.44. The van der Waals surface area contributed by atoms with Gasteiger partial charge in [0.1, 0.15) is 10.4 Å². The summed E-state index contributed by atoms with van der Waals surface area (Å²) in [6, 6.07) is 9.47. The maximum atomic E-state index is 5.75. The number of hydrogen-bond donors (Lipinski definition) is 0. The second-order valence-electron chi connectivity index (χ2n) is 5.66. The first-order valence-corrected chi connectivity index (χ1v) is 10.9. The summed E-state index contributed by atoms with van der Waals surface area (Å²) in [5.41, 5.74) is 1.15. The summed E-state index contributed by atoms with van der Waals surface area (Å²) in [6.45, 7) is 8.47. The molecule has 2 rings (SSSR count). The first-order chi connectivity index (χ1) is 8.47. The van der Waals surface area contributed by atoms with Gasteiger partial charge in [-0.1, -0.05) is 37.8 Å². The van der Waals surface area contributed by atoms with Gasteiger partial charge in [0.2, 0.25) is 0 Å². The van der Waals surface area contributed by atoms with Crippen molar-refractivity contribution >= 4 is 41.6 Å². The third-order valence-electron chi connectivity index (χ3n) is 2.82. The van der Waals surface area contributed by atoms with Crippen molar-refractivity contribution in [1.82, 2.24) is 9.78 Å². The number of fused-ring (bicyclic) bond motifs is 1. The molecule has 0 saturated carbocycles. The van der Waals surface area contributed by atoms with E-state index in [0.717, 1.165) is 15.8 Å². The lowest BCUT2D eigenvalue weighted by molar-refractivity contribution is 0.0814. The maximum absolute atomic E-state index is 5.75. The van der Waals surface area contributed by atoms with Crippen molar-refractivity contribution in [1.29, 1.82) is 0 Å². The normalized spacial score (nSPS) is 12.2. The van der Waals surface area contributed by atoms with Crippen LogP contribution in [0.4, 0.5) is 0 Å². The Hall–Kier alpha value is -0.403. The van der Waals surface area contributed by atoms with Crippen LogP contribution in [0.25, 0.3) is 10.9 Å². The molecule has 0 N–H and O–H groups in total. The van der Waals surface area contributed by atoms with Crippen molar-refractivity contribution in [2.75, 3.05) is 6.61 Å². The van der Waals surface area contributed by atoms with Gasteiger partial charge in [0, 0.05) is 20.1 Å². The summed E-state index contributed by atoms with van der Waals surface area (Å²) in [7, 11) is -1.00. The quantitative estimate of drug-likeness (QED) is 0.450. The highest BCUT2D eigenvalue weighted by molar-refractivity contribution is 14.1. The molecule has 0 amide bonds. The fourth-order valence-electron chi connectivity index (χ4n) is 1.71. The summed E-state index contributed by atoms with van der Waals surface area (Å²) in [4.78, 5) is 0. The zero-order valence-electron chi connectivity index (χ0n) is 11.1. The summed E-state index contributed by atoms with van der Waals surface area (Å²) in [5.74, 6) is 0. The van der Waals surface area contributed by atoms with E-state index in [-0.39, 0.29) is 0 Å². The minimum absolute atomic E-state index is 0.550. The van der Waals surface area contributed by atoms with Crippen LogP contribution in [0.2, 0.25) is 25.7 Å². The highest BCUT2D eigenvalue weighted by Gasteiger charge is 2.12. The number of nitrogens with zero attached hydrogens (tertiary/aromatic N) is 2. The van der Waals surface area contributed by atoms with E-state index in [4.69, 9.17) is 4.74 Å². The summed E-state index contributed by atoms with van der Waals surface area (Å²) in [6.07, 6.45) is 0. The molecule has 0 bridgehead atoms. The lowest BCUT2D eigenvalue weighted by Crippen LogP contribution is -2.22. The molecule has 5 heteroatoms. The zero-order chi connectivity index (χ0) is 13.2. The van der Waals surface area contributed by atoms with Crippen LogP contribution in [-0.4, -0.2) is 24.5 Å². The van der Waals surface area contributed by atoms with E-state index < -0.39 is 8.07 Å². The van der Waals surface area contributed by atoms with Crippen molar-refractivity contribution < 1.29 is 4.74 Å². The molecule has 0 fully saturated rings. The molecule has 0 atom stereocenters. The van der Waals surface area contributed by atoms with Crippen LogP contribution in [0.3, 0.4) is 0 Å². The van der Waals surface area contributed by atoms with E-state index >= 15 is 0 Å². The Morgan fingerprint density at radius 3 is 2.72 bits per heavy atom. The lowest BCUT2D eigenvalue weighted by atomic mass is 10.3. The van der Waals surface area contributed by atoms with Gasteiger partial charge in [0.05, 0.1) is 5.52 Å². The van der Waals surface area contributed by atoms with Gasteiger partial charge in [0.15, 0.2) is 0 Å². The number of ether oxygens (including phenoxy) is 1. The molecule has 0 radical (unpaired) electrons. The van der Waals surface area contributed by atoms with Crippen LogP contribution in [0.15, 0.2) is 24.3 Å². The van der Waals surface area contributed by atoms with E-state index in [1.165, 1.54) is 11.4 Å². The van der Waals surface area contributed by atoms with Crippen molar-refractivity contribution in [3.63, 3.8) is 0 Å². The monoisotopic (exact) mass is 374 g/mol. The van der Waals surface area contributed by atoms with Crippen LogP contribution >= 0.6 is 22.6 Å². The van der Waals surface area contributed by atoms with E-state index in [9.17, 15) is 0 Å². The number of aromatic nitrogens is 2. The van der Waals surface area contributed by atoms with Gasteiger partial charge in [-0.3, -0.25) is 0 Å². The molecule has 1 aromatic heterocycles. The van der Waals surface area contributed by atoms with Crippen molar-refractivity contribution in [3.05, 3.63) is 28.0 Å². The van der Waals surface area contributed by atoms with Crippen LogP contribution < -0.4 is 0 Å². The van der Waals surface area contributed by atoms with Gasteiger partial charge in [-0.05, 0) is 34.7 Å². The minimum atomic E-state index is -1.00. The maximum Gasteiger partial charge on any atom is 0.140 e. The van der Waals surface area contributed by atoms with Crippen molar-refractivity contribution in [2.45, 2.75) is 32.4 Å². The minimum Gasteiger partial charge on any atom is -0.360 e. The molecule has 0 aliphatic rings. The average Bonchev–Trinajstić information content (AvgIpc) is 2.62. The molecule has 0 aliphatic heterocycles. The number of para-hydroxylation sites is 1. The molecule has 1 aromatic carbocycles. The second-order valence-corrected chi connectivity index (χ2v) is 12.3. The average molecular weight is 374 g/mol. The lowest BCUT2D eigenvalue weighted by Gasteiger charge is -2.15. The van der Waals surface area contributed by atoms with Gasteiger partial charge >= 0.3 is 0 Å². The number of halogens is 1.